The third kappa shape index (κ3) is 4.97. The number of anilines is 1. The lowest BCUT2D eigenvalue weighted by atomic mass is 10.1. The van der Waals surface area contributed by atoms with Gasteiger partial charge in [0.1, 0.15) is 29.3 Å². The molecule has 0 unspecified atom stereocenters. The van der Waals surface area contributed by atoms with Crippen LogP contribution >= 0.6 is 0 Å². The van der Waals surface area contributed by atoms with Crippen molar-refractivity contribution in [3.05, 3.63) is 83.6 Å². The number of hydrogen-bond acceptors (Lipinski definition) is 5. The van der Waals surface area contributed by atoms with E-state index in [4.69, 9.17) is 4.74 Å². The molecule has 0 aliphatic rings. The van der Waals surface area contributed by atoms with Crippen LogP contribution in [0.1, 0.15) is 11.1 Å². The van der Waals surface area contributed by atoms with E-state index in [0.717, 1.165) is 36.8 Å². The molecule has 0 aliphatic carbocycles. The molecule has 0 fully saturated rings. The molecule has 2 aromatic carbocycles. The fourth-order valence-electron chi connectivity index (χ4n) is 3.10. The van der Waals surface area contributed by atoms with E-state index in [1.54, 1.807) is 0 Å². The second kappa shape index (κ2) is 8.93. The van der Waals surface area contributed by atoms with E-state index in [2.05, 4.69) is 20.3 Å². The summed E-state index contributed by atoms with van der Waals surface area (Å²) in [5.74, 6) is -2.78. The number of pyridine rings is 1. The van der Waals surface area contributed by atoms with Gasteiger partial charge in [-0.1, -0.05) is 6.07 Å². The first-order valence-electron chi connectivity index (χ1n) is 9.54. The van der Waals surface area contributed by atoms with Crippen molar-refractivity contribution in [1.82, 2.24) is 15.0 Å². The molecule has 0 aliphatic heterocycles. The first-order valence-corrected chi connectivity index (χ1v) is 9.54. The van der Waals surface area contributed by atoms with Crippen LogP contribution in [0.15, 0.2) is 55.0 Å². The molecule has 0 bridgehead atoms. The average Bonchev–Trinajstić information content (AvgIpc) is 2.78. The van der Waals surface area contributed by atoms with Crippen molar-refractivity contribution in [2.24, 2.45) is 0 Å². The molecule has 170 valence electrons. The molecule has 4 rings (SSSR count). The second-order valence-corrected chi connectivity index (χ2v) is 6.90. The molecule has 0 saturated carbocycles. The summed E-state index contributed by atoms with van der Waals surface area (Å²) in [6.07, 6.45) is -2.29. The van der Waals surface area contributed by atoms with Crippen LogP contribution in [-0.2, 0) is 12.6 Å². The monoisotopic (exact) mass is 464 g/mol. The van der Waals surface area contributed by atoms with Crippen LogP contribution < -0.4 is 10.1 Å². The highest BCUT2D eigenvalue weighted by molar-refractivity contribution is 5.89. The van der Waals surface area contributed by atoms with Gasteiger partial charge in [0, 0.05) is 18.8 Å². The Hall–Kier alpha value is -3.89. The Morgan fingerprint density at radius 2 is 1.64 bits per heavy atom. The smallest absolute Gasteiger partial charge is 0.416 e. The molecule has 4 aromatic rings. The quantitative estimate of drug-likeness (QED) is 0.360. The van der Waals surface area contributed by atoms with Crippen molar-refractivity contribution in [3.63, 3.8) is 0 Å². The molecule has 0 radical (unpaired) electrons. The zero-order valence-corrected chi connectivity index (χ0v) is 16.6. The van der Waals surface area contributed by atoms with Gasteiger partial charge in [-0.05, 0) is 42.3 Å². The maximum atomic E-state index is 14.4. The summed E-state index contributed by atoms with van der Waals surface area (Å²) in [6.45, 7) is 0.205. The summed E-state index contributed by atoms with van der Waals surface area (Å²) < 4.78 is 85.9. The number of fused-ring (bicyclic) bond motifs is 1. The van der Waals surface area contributed by atoms with Gasteiger partial charge in [0.25, 0.3) is 0 Å². The minimum atomic E-state index is -4.58. The Kier molecular flexibility index (Phi) is 6.03. The molecular formula is C22H14F6N4O. The summed E-state index contributed by atoms with van der Waals surface area (Å²) in [4.78, 5) is 11.3. The lowest BCUT2D eigenvalue weighted by Gasteiger charge is -2.11. The SMILES string of the molecule is Fc1cc(CCNc2ncnc3c(F)ccc(F)c23)ccc1Oc1cc(C(F)(F)F)ccn1. The third-order valence-electron chi connectivity index (χ3n) is 4.67. The van der Waals surface area contributed by atoms with E-state index in [1.165, 1.54) is 12.1 Å². The molecule has 33 heavy (non-hydrogen) atoms. The number of hydrogen-bond donors (Lipinski definition) is 1. The number of alkyl halides is 3. The molecule has 11 heteroatoms. The first-order chi connectivity index (χ1) is 15.7. The van der Waals surface area contributed by atoms with Crippen molar-refractivity contribution in [1.29, 1.82) is 0 Å². The van der Waals surface area contributed by atoms with Crippen LogP contribution in [0.4, 0.5) is 32.2 Å². The van der Waals surface area contributed by atoms with Crippen molar-refractivity contribution >= 4 is 16.7 Å². The number of nitrogens with one attached hydrogen (secondary N) is 1. The number of nitrogens with zero attached hydrogens (tertiary/aromatic N) is 3. The van der Waals surface area contributed by atoms with E-state index < -0.39 is 35.1 Å². The molecule has 0 atom stereocenters. The van der Waals surface area contributed by atoms with Crippen molar-refractivity contribution in [2.75, 3.05) is 11.9 Å². The topological polar surface area (TPSA) is 59.9 Å². The fourth-order valence-corrected chi connectivity index (χ4v) is 3.10. The normalized spacial score (nSPS) is 11.6. The lowest BCUT2D eigenvalue weighted by molar-refractivity contribution is -0.137. The van der Waals surface area contributed by atoms with Crippen LogP contribution in [0, 0.1) is 17.5 Å². The predicted molar refractivity (Wildman–Crippen MR) is 107 cm³/mol. The van der Waals surface area contributed by atoms with Gasteiger partial charge in [-0.2, -0.15) is 13.2 Å². The van der Waals surface area contributed by atoms with Crippen molar-refractivity contribution in [3.8, 4) is 11.6 Å². The van der Waals surface area contributed by atoms with Gasteiger partial charge in [0.05, 0.1) is 10.9 Å². The molecule has 5 nitrogen and oxygen atoms in total. The van der Waals surface area contributed by atoms with E-state index in [0.29, 0.717) is 11.6 Å². The summed E-state index contributed by atoms with van der Waals surface area (Å²) in [5, 5.41) is 2.77. The van der Waals surface area contributed by atoms with Gasteiger partial charge in [-0.15, -0.1) is 0 Å². The maximum Gasteiger partial charge on any atom is 0.416 e. The Balaban J connectivity index is 1.44. The first kappa shape index (κ1) is 22.3. The van der Waals surface area contributed by atoms with Crippen LogP contribution in [-0.4, -0.2) is 21.5 Å². The molecular weight excluding hydrogens is 450 g/mol. The third-order valence-corrected chi connectivity index (χ3v) is 4.67. The highest BCUT2D eigenvalue weighted by Crippen LogP contribution is 2.32. The molecule has 2 heterocycles. The largest absolute Gasteiger partial charge is 0.436 e. The molecule has 0 saturated heterocycles. The number of benzene rings is 2. The van der Waals surface area contributed by atoms with E-state index in [9.17, 15) is 26.3 Å². The van der Waals surface area contributed by atoms with E-state index in [-0.39, 0.29) is 35.4 Å². The van der Waals surface area contributed by atoms with Gasteiger partial charge in [0.15, 0.2) is 11.6 Å². The van der Waals surface area contributed by atoms with Gasteiger partial charge in [-0.25, -0.2) is 28.1 Å². The Morgan fingerprint density at radius 1 is 0.848 bits per heavy atom. The zero-order valence-electron chi connectivity index (χ0n) is 16.6. The molecule has 1 N–H and O–H groups in total. The van der Waals surface area contributed by atoms with Crippen LogP contribution in [0.3, 0.4) is 0 Å². The molecule has 2 aromatic heterocycles. The number of halogens is 6. The highest BCUT2D eigenvalue weighted by atomic mass is 19.4. The lowest BCUT2D eigenvalue weighted by Crippen LogP contribution is -2.08. The Morgan fingerprint density at radius 3 is 2.39 bits per heavy atom. The van der Waals surface area contributed by atoms with Gasteiger partial charge < -0.3 is 10.1 Å². The number of aromatic nitrogens is 3. The van der Waals surface area contributed by atoms with Crippen LogP contribution in [0.2, 0.25) is 0 Å². The predicted octanol–water partition coefficient (Wildman–Crippen LogP) is 5.91. The minimum absolute atomic E-state index is 0.0908. The van der Waals surface area contributed by atoms with E-state index >= 15 is 0 Å². The highest BCUT2D eigenvalue weighted by Gasteiger charge is 2.31. The Labute approximate surface area is 183 Å². The van der Waals surface area contributed by atoms with Crippen LogP contribution in [0.25, 0.3) is 10.9 Å². The zero-order chi connectivity index (χ0) is 23.6. The van der Waals surface area contributed by atoms with Crippen molar-refractivity contribution < 1.29 is 31.1 Å². The summed E-state index contributed by atoms with van der Waals surface area (Å²) >= 11 is 0. The van der Waals surface area contributed by atoms with Crippen LogP contribution in [0.5, 0.6) is 11.6 Å². The average molecular weight is 464 g/mol. The standard InChI is InChI=1S/C22H14F6N4O/c23-14-2-3-15(24)20-19(14)21(32-11-31-20)30-7-5-12-1-4-17(16(25)9-12)33-18-10-13(6-8-29-18)22(26,27)28/h1-4,6,8-11H,5,7H2,(H,30,31,32). The summed E-state index contributed by atoms with van der Waals surface area (Å²) in [6, 6.07) is 7.33. The molecule has 0 spiro atoms. The number of rotatable bonds is 6. The van der Waals surface area contributed by atoms with E-state index in [1.807, 2.05) is 0 Å². The van der Waals surface area contributed by atoms with Crippen molar-refractivity contribution in [2.45, 2.75) is 12.6 Å². The van der Waals surface area contributed by atoms with Gasteiger partial charge in [0.2, 0.25) is 5.88 Å². The summed E-state index contributed by atoms with van der Waals surface area (Å²) in [7, 11) is 0. The second-order valence-electron chi connectivity index (χ2n) is 6.90. The van der Waals surface area contributed by atoms with Gasteiger partial charge >= 0.3 is 6.18 Å². The summed E-state index contributed by atoms with van der Waals surface area (Å²) in [5.41, 5.74) is -0.609. The molecule has 0 amide bonds. The minimum Gasteiger partial charge on any atom is -0.436 e. The maximum absolute atomic E-state index is 14.4. The Bertz CT molecular complexity index is 1310. The van der Waals surface area contributed by atoms with Gasteiger partial charge in [-0.3, -0.25) is 0 Å². The number of ether oxygens (including phenoxy) is 1. The fraction of sp³-hybridized carbons (Fsp3) is 0.136.